The molecule has 3 aliphatic rings. The van der Waals surface area contributed by atoms with E-state index in [4.69, 9.17) is 0 Å². The first-order valence-corrected chi connectivity index (χ1v) is 7.12. The van der Waals surface area contributed by atoms with Gasteiger partial charge < -0.3 is 5.32 Å². The standard InChI is InChI=1S/C13H25N3/c1-2-10-9-16(15-12-5-6-12)8-7-13(10)14-11-3-4-11/h10-15H,2-9H2,1H3. The van der Waals surface area contributed by atoms with E-state index in [9.17, 15) is 0 Å². The van der Waals surface area contributed by atoms with Crippen LogP contribution in [0.4, 0.5) is 0 Å². The summed E-state index contributed by atoms with van der Waals surface area (Å²) in [6.07, 6.45) is 8.24. The summed E-state index contributed by atoms with van der Waals surface area (Å²) in [6.45, 7) is 4.82. The van der Waals surface area contributed by atoms with Gasteiger partial charge in [-0.05, 0) is 38.0 Å². The van der Waals surface area contributed by atoms with Crippen molar-refractivity contribution in [2.45, 2.75) is 63.6 Å². The van der Waals surface area contributed by atoms with Crippen molar-refractivity contribution < 1.29 is 0 Å². The molecule has 3 nitrogen and oxygen atoms in total. The molecule has 2 atom stereocenters. The van der Waals surface area contributed by atoms with Crippen LogP contribution in [-0.4, -0.2) is 36.2 Å². The molecule has 1 aliphatic heterocycles. The van der Waals surface area contributed by atoms with Crippen molar-refractivity contribution in [1.82, 2.24) is 15.8 Å². The molecule has 3 heteroatoms. The highest BCUT2D eigenvalue weighted by atomic mass is 15.5. The summed E-state index contributed by atoms with van der Waals surface area (Å²) < 4.78 is 0. The summed E-state index contributed by atoms with van der Waals surface area (Å²) in [5.74, 6) is 0.848. The van der Waals surface area contributed by atoms with Crippen molar-refractivity contribution in [3.05, 3.63) is 0 Å². The maximum atomic E-state index is 3.83. The molecule has 0 aromatic carbocycles. The number of nitrogens with zero attached hydrogens (tertiary/aromatic N) is 1. The third-order valence-electron chi connectivity index (χ3n) is 4.23. The molecule has 0 spiro atoms. The minimum Gasteiger partial charge on any atom is -0.311 e. The van der Waals surface area contributed by atoms with Gasteiger partial charge in [-0.25, -0.2) is 5.01 Å². The number of rotatable bonds is 5. The molecule has 0 bridgehead atoms. The summed E-state index contributed by atoms with van der Waals surface area (Å²) in [5, 5.41) is 6.31. The SMILES string of the molecule is CCC1CN(NC2CC2)CCC1NC1CC1. The summed E-state index contributed by atoms with van der Waals surface area (Å²) in [4.78, 5) is 0. The van der Waals surface area contributed by atoms with Crippen LogP contribution in [0.1, 0.15) is 45.4 Å². The van der Waals surface area contributed by atoms with E-state index in [0.717, 1.165) is 24.0 Å². The van der Waals surface area contributed by atoms with Gasteiger partial charge in [-0.1, -0.05) is 13.3 Å². The maximum absolute atomic E-state index is 3.83. The molecule has 2 aliphatic carbocycles. The van der Waals surface area contributed by atoms with Crippen LogP contribution in [0.3, 0.4) is 0 Å². The largest absolute Gasteiger partial charge is 0.311 e. The molecule has 92 valence electrons. The predicted octanol–water partition coefficient (Wildman–Crippen LogP) is 1.51. The number of hydrazine groups is 1. The van der Waals surface area contributed by atoms with Gasteiger partial charge in [0.2, 0.25) is 0 Å². The quantitative estimate of drug-likeness (QED) is 0.740. The van der Waals surface area contributed by atoms with Gasteiger partial charge in [0, 0.05) is 31.2 Å². The first-order chi connectivity index (χ1) is 7.85. The Morgan fingerprint density at radius 1 is 1.06 bits per heavy atom. The van der Waals surface area contributed by atoms with Crippen molar-refractivity contribution in [2.75, 3.05) is 13.1 Å². The second kappa shape index (κ2) is 4.63. The van der Waals surface area contributed by atoms with Crippen LogP contribution < -0.4 is 10.7 Å². The minimum atomic E-state index is 0.787. The molecule has 1 saturated heterocycles. The fraction of sp³-hybridized carbons (Fsp3) is 1.00. The van der Waals surface area contributed by atoms with Gasteiger partial charge in [0.15, 0.2) is 0 Å². The Balaban J connectivity index is 1.49. The van der Waals surface area contributed by atoms with E-state index in [1.54, 1.807) is 0 Å². The second-order valence-electron chi connectivity index (χ2n) is 5.85. The van der Waals surface area contributed by atoms with Gasteiger partial charge in [0.05, 0.1) is 0 Å². The van der Waals surface area contributed by atoms with Crippen LogP contribution in [0.5, 0.6) is 0 Å². The van der Waals surface area contributed by atoms with E-state index in [2.05, 4.69) is 22.7 Å². The first-order valence-electron chi connectivity index (χ1n) is 7.12. The Morgan fingerprint density at radius 2 is 1.81 bits per heavy atom. The second-order valence-corrected chi connectivity index (χ2v) is 5.85. The zero-order valence-corrected chi connectivity index (χ0v) is 10.4. The van der Waals surface area contributed by atoms with Gasteiger partial charge in [-0.3, -0.25) is 5.43 Å². The third-order valence-corrected chi connectivity index (χ3v) is 4.23. The highest BCUT2D eigenvalue weighted by Crippen LogP contribution is 2.27. The molecule has 0 radical (unpaired) electrons. The zero-order chi connectivity index (χ0) is 11.0. The van der Waals surface area contributed by atoms with Crippen LogP contribution in [0, 0.1) is 5.92 Å². The molecule has 2 unspecified atom stereocenters. The first kappa shape index (κ1) is 11.0. The molecule has 0 amide bonds. The summed E-state index contributed by atoms with van der Waals surface area (Å²) in [5.41, 5.74) is 3.65. The molecule has 1 heterocycles. The topological polar surface area (TPSA) is 27.3 Å². The number of piperidine rings is 1. The van der Waals surface area contributed by atoms with E-state index < -0.39 is 0 Å². The van der Waals surface area contributed by atoms with Gasteiger partial charge in [-0.15, -0.1) is 0 Å². The van der Waals surface area contributed by atoms with Crippen LogP contribution in [0.15, 0.2) is 0 Å². The zero-order valence-electron chi connectivity index (χ0n) is 10.4. The lowest BCUT2D eigenvalue weighted by atomic mass is 9.90. The average Bonchev–Trinajstić information content (AvgIpc) is 3.15. The molecule has 16 heavy (non-hydrogen) atoms. The van der Waals surface area contributed by atoms with Gasteiger partial charge in [0.25, 0.3) is 0 Å². The number of hydrogen-bond donors (Lipinski definition) is 2. The Kier molecular flexibility index (Phi) is 3.18. The van der Waals surface area contributed by atoms with Crippen LogP contribution in [0.2, 0.25) is 0 Å². The summed E-state index contributed by atoms with van der Waals surface area (Å²) in [6, 6.07) is 2.46. The fourth-order valence-corrected chi connectivity index (χ4v) is 2.81. The van der Waals surface area contributed by atoms with E-state index >= 15 is 0 Å². The molecule has 3 fully saturated rings. The molecule has 0 aromatic heterocycles. The predicted molar refractivity (Wildman–Crippen MR) is 66.1 cm³/mol. The lowest BCUT2D eigenvalue weighted by Gasteiger charge is -2.39. The average molecular weight is 223 g/mol. The molecular formula is C13H25N3. The van der Waals surface area contributed by atoms with Crippen molar-refractivity contribution in [3.63, 3.8) is 0 Å². The van der Waals surface area contributed by atoms with E-state index in [-0.39, 0.29) is 0 Å². The Labute approximate surface area is 98.9 Å². The minimum absolute atomic E-state index is 0.787. The number of hydrogen-bond acceptors (Lipinski definition) is 3. The number of nitrogens with one attached hydrogen (secondary N) is 2. The highest BCUT2D eigenvalue weighted by Gasteiger charge is 2.34. The van der Waals surface area contributed by atoms with Crippen molar-refractivity contribution >= 4 is 0 Å². The van der Waals surface area contributed by atoms with Crippen molar-refractivity contribution in [2.24, 2.45) is 5.92 Å². The van der Waals surface area contributed by atoms with Gasteiger partial charge >= 0.3 is 0 Å². The Hall–Kier alpha value is -0.120. The maximum Gasteiger partial charge on any atom is 0.0216 e. The molecule has 2 saturated carbocycles. The Morgan fingerprint density at radius 3 is 2.44 bits per heavy atom. The molecule has 0 aromatic rings. The Bertz CT molecular complexity index is 235. The van der Waals surface area contributed by atoms with E-state index in [1.807, 2.05) is 0 Å². The third kappa shape index (κ3) is 2.76. The fourth-order valence-electron chi connectivity index (χ4n) is 2.81. The van der Waals surface area contributed by atoms with Crippen LogP contribution >= 0.6 is 0 Å². The molecule has 2 N–H and O–H groups in total. The van der Waals surface area contributed by atoms with Crippen LogP contribution in [0.25, 0.3) is 0 Å². The lowest BCUT2D eigenvalue weighted by Crippen LogP contribution is -2.54. The van der Waals surface area contributed by atoms with Gasteiger partial charge in [0.1, 0.15) is 0 Å². The van der Waals surface area contributed by atoms with Crippen molar-refractivity contribution in [3.8, 4) is 0 Å². The van der Waals surface area contributed by atoms with Crippen molar-refractivity contribution in [1.29, 1.82) is 0 Å². The van der Waals surface area contributed by atoms with E-state index in [0.29, 0.717) is 0 Å². The molecular weight excluding hydrogens is 198 g/mol. The van der Waals surface area contributed by atoms with Crippen LogP contribution in [-0.2, 0) is 0 Å². The smallest absolute Gasteiger partial charge is 0.0216 e. The van der Waals surface area contributed by atoms with E-state index in [1.165, 1.54) is 51.6 Å². The lowest BCUT2D eigenvalue weighted by molar-refractivity contribution is 0.0838. The van der Waals surface area contributed by atoms with Gasteiger partial charge in [-0.2, -0.15) is 0 Å². The summed E-state index contributed by atoms with van der Waals surface area (Å²) in [7, 11) is 0. The molecule has 3 rings (SSSR count). The normalized spacial score (nSPS) is 36.6. The highest BCUT2D eigenvalue weighted by molar-refractivity contribution is 4.91. The monoisotopic (exact) mass is 223 g/mol. The summed E-state index contributed by atoms with van der Waals surface area (Å²) >= 11 is 0.